The van der Waals surface area contributed by atoms with Crippen molar-refractivity contribution in [1.29, 1.82) is 0 Å². The zero-order chi connectivity index (χ0) is 14.7. The molecule has 3 rings (SSSR count). The molecule has 21 heavy (non-hydrogen) atoms. The second-order valence-electron chi connectivity index (χ2n) is 5.07. The average Bonchev–Trinajstić information content (AvgIpc) is 2.94. The second-order valence-corrected chi connectivity index (χ2v) is 6.22. The van der Waals surface area contributed by atoms with Crippen LogP contribution in [0.25, 0.3) is 12.2 Å². The van der Waals surface area contributed by atoms with Gasteiger partial charge in [-0.15, -0.1) is 0 Å². The van der Waals surface area contributed by atoms with E-state index < -0.39 is 0 Å². The normalized spacial score (nSPS) is 20.1. The minimum atomic E-state index is 0.238. The fraction of sp³-hybridized carbons (Fsp3) is 0.333. The number of nitrogens with zero attached hydrogens (tertiary/aromatic N) is 3. The highest BCUT2D eigenvalue weighted by atomic mass is 32.2. The Morgan fingerprint density at radius 2 is 2.33 bits per heavy atom. The Kier molecular flexibility index (Phi) is 4.26. The fourth-order valence-electron chi connectivity index (χ4n) is 2.24. The monoisotopic (exact) mass is 302 g/mol. The molecule has 1 saturated heterocycles. The van der Waals surface area contributed by atoms with Gasteiger partial charge in [-0.3, -0.25) is 4.90 Å². The molecule has 2 heterocycles. The van der Waals surface area contributed by atoms with Crippen molar-refractivity contribution in [2.45, 2.75) is 6.04 Å². The number of hydrogen-bond acceptors (Lipinski definition) is 6. The minimum Gasteiger partial charge on any atom is -0.399 e. The van der Waals surface area contributed by atoms with Crippen molar-refractivity contribution >= 4 is 29.6 Å². The van der Waals surface area contributed by atoms with Gasteiger partial charge in [0.15, 0.2) is 5.82 Å². The van der Waals surface area contributed by atoms with Crippen molar-refractivity contribution in [3.8, 4) is 0 Å². The van der Waals surface area contributed by atoms with E-state index in [0.717, 1.165) is 35.1 Å². The summed E-state index contributed by atoms with van der Waals surface area (Å²) in [6.07, 6.45) is 3.74. The van der Waals surface area contributed by atoms with Crippen molar-refractivity contribution in [2.75, 3.05) is 30.8 Å². The van der Waals surface area contributed by atoms with E-state index in [0.29, 0.717) is 5.89 Å². The molecule has 1 fully saturated rings. The molecular weight excluding hydrogens is 284 g/mol. The lowest BCUT2D eigenvalue weighted by Crippen LogP contribution is -2.33. The van der Waals surface area contributed by atoms with E-state index in [1.807, 2.05) is 48.2 Å². The smallest absolute Gasteiger partial charge is 0.250 e. The third-order valence-corrected chi connectivity index (χ3v) is 4.50. The summed E-state index contributed by atoms with van der Waals surface area (Å²) in [5, 5.41) is 4.10. The number of thioether (sulfide) groups is 1. The van der Waals surface area contributed by atoms with Gasteiger partial charge in [0.25, 0.3) is 5.89 Å². The molecule has 0 aliphatic carbocycles. The predicted molar refractivity (Wildman–Crippen MR) is 86.8 cm³/mol. The molecule has 1 aliphatic rings. The Labute approximate surface area is 128 Å². The van der Waals surface area contributed by atoms with E-state index >= 15 is 0 Å². The van der Waals surface area contributed by atoms with Crippen LogP contribution in [0.5, 0.6) is 0 Å². The maximum atomic E-state index is 5.75. The van der Waals surface area contributed by atoms with Crippen LogP contribution in [0.15, 0.2) is 28.8 Å². The average molecular weight is 302 g/mol. The molecule has 0 bridgehead atoms. The summed E-state index contributed by atoms with van der Waals surface area (Å²) in [5.41, 5.74) is 7.51. The molecular formula is C15H18N4OS. The lowest BCUT2D eigenvalue weighted by Gasteiger charge is -2.29. The van der Waals surface area contributed by atoms with E-state index in [1.54, 1.807) is 0 Å². The van der Waals surface area contributed by atoms with E-state index in [9.17, 15) is 0 Å². The third-order valence-electron chi connectivity index (χ3n) is 3.48. The molecule has 1 atom stereocenters. The summed E-state index contributed by atoms with van der Waals surface area (Å²) >= 11 is 1.93. The lowest BCUT2D eigenvalue weighted by molar-refractivity contribution is 0.257. The van der Waals surface area contributed by atoms with Gasteiger partial charge in [-0.05, 0) is 30.8 Å². The van der Waals surface area contributed by atoms with Crippen molar-refractivity contribution in [1.82, 2.24) is 15.0 Å². The van der Waals surface area contributed by atoms with Crippen LogP contribution in [0.1, 0.15) is 23.3 Å². The Hall–Kier alpha value is -1.79. The Bertz CT molecular complexity index is 640. The molecule has 6 heteroatoms. The van der Waals surface area contributed by atoms with Crippen molar-refractivity contribution < 1.29 is 4.52 Å². The van der Waals surface area contributed by atoms with Crippen LogP contribution >= 0.6 is 11.8 Å². The van der Waals surface area contributed by atoms with Crippen LogP contribution in [0.4, 0.5) is 5.69 Å². The van der Waals surface area contributed by atoms with Crippen LogP contribution in [-0.2, 0) is 0 Å². The first-order valence-electron chi connectivity index (χ1n) is 6.87. The van der Waals surface area contributed by atoms with Gasteiger partial charge in [-0.25, -0.2) is 0 Å². The molecule has 1 aliphatic heterocycles. The first-order chi connectivity index (χ1) is 10.2. The van der Waals surface area contributed by atoms with E-state index in [-0.39, 0.29) is 6.04 Å². The molecule has 1 aromatic carbocycles. The van der Waals surface area contributed by atoms with Gasteiger partial charge in [0.1, 0.15) is 0 Å². The number of rotatable bonds is 3. The van der Waals surface area contributed by atoms with Gasteiger partial charge in [-0.1, -0.05) is 17.3 Å². The van der Waals surface area contributed by atoms with Crippen LogP contribution in [-0.4, -0.2) is 40.1 Å². The number of aromatic nitrogens is 2. The first-order valence-corrected chi connectivity index (χ1v) is 8.03. The molecule has 2 aromatic rings. The van der Waals surface area contributed by atoms with Crippen molar-refractivity contribution in [3.05, 3.63) is 41.5 Å². The zero-order valence-corrected chi connectivity index (χ0v) is 12.7. The van der Waals surface area contributed by atoms with Gasteiger partial charge in [0, 0.05) is 29.8 Å². The molecule has 2 N–H and O–H groups in total. The fourth-order valence-corrected chi connectivity index (χ4v) is 3.45. The number of anilines is 1. The summed E-state index contributed by atoms with van der Waals surface area (Å²) in [7, 11) is 2.10. The second kappa shape index (κ2) is 6.32. The Morgan fingerprint density at radius 3 is 3.14 bits per heavy atom. The highest BCUT2D eigenvalue weighted by Gasteiger charge is 2.25. The first kappa shape index (κ1) is 14.2. The van der Waals surface area contributed by atoms with Gasteiger partial charge < -0.3 is 10.3 Å². The van der Waals surface area contributed by atoms with Crippen molar-refractivity contribution in [2.24, 2.45) is 0 Å². The standard InChI is InChI=1S/C15H18N4OS/c1-19-7-8-21-10-13(19)15-17-14(20-18-15)6-5-11-3-2-4-12(16)9-11/h2-6,9,13H,7-8,10,16H2,1H3/b6-5+. The van der Waals surface area contributed by atoms with E-state index in [4.69, 9.17) is 10.3 Å². The molecule has 0 amide bonds. The van der Waals surface area contributed by atoms with Crippen LogP contribution in [0.3, 0.4) is 0 Å². The van der Waals surface area contributed by atoms with Crippen LogP contribution < -0.4 is 5.73 Å². The maximum Gasteiger partial charge on any atom is 0.250 e. The van der Waals surface area contributed by atoms with Gasteiger partial charge in [0.05, 0.1) is 6.04 Å². The zero-order valence-electron chi connectivity index (χ0n) is 11.9. The largest absolute Gasteiger partial charge is 0.399 e. The van der Waals surface area contributed by atoms with Crippen LogP contribution in [0.2, 0.25) is 0 Å². The Morgan fingerprint density at radius 1 is 1.43 bits per heavy atom. The van der Waals surface area contributed by atoms with E-state index in [2.05, 4.69) is 22.1 Å². The topological polar surface area (TPSA) is 68.2 Å². The van der Waals surface area contributed by atoms with Crippen molar-refractivity contribution in [3.63, 3.8) is 0 Å². The highest BCUT2D eigenvalue weighted by Crippen LogP contribution is 2.26. The third kappa shape index (κ3) is 3.46. The molecule has 110 valence electrons. The Balaban J connectivity index is 1.73. The summed E-state index contributed by atoms with van der Waals surface area (Å²) in [5.74, 6) is 3.45. The number of hydrogen-bond donors (Lipinski definition) is 1. The molecule has 5 nitrogen and oxygen atoms in total. The maximum absolute atomic E-state index is 5.75. The summed E-state index contributed by atoms with van der Waals surface area (Å²) < 4.78 is 5.30. The summed E-state index contributed by atoms with van der Waals surface area (Å²) in [6, 6.07) is 7.90. The number of benzene rings is 1. The number of nitrogen functional groups attached to an aromatic ring is 1. The minimum absolute atomic E-state index is 0.238. The number of nitrogens with two attached hydrogens (primary N) is 1. The molecule has 0 spiro atoms. The quantitative estimate of drug-likeness (QED) is 0.879. The van der Waals surface area contributed by atoms with Gasteiger partial charge in [-0.2, -0.15) is 16.7 Å². The lowest BCUT2D eigenvalue weighted by atomic mass is 10.2. The van der Waals surface area contributed by atoms with Gasteiger partial charge >= 0.3 is 0 Å². The SMILES string of the molecule is CN1CCSCC1c1noc(/C=C/c2cccc(N)c2)n1. The molecule has 1 unspecified atom stereocenters. The summed E-state index contributed by atoms with van der Waals surface area (Å²) in [4.78, 5) is 6.74. The summed E-state index contributed by atoms with van der Waals surface area (Å²) in [6.45, 7) is 1.05. The molecule has 0 radical (unpaired) electrons. The predicted octanol–water partition coefficient (Wildman–Crippen LogP) is 2.54. The van der Waals surface area contributed by atoms with E-state index in [1.165, 1.54) is 0 Å². The van der Waals surface area contributed by atoms with Gasteiger partial charge in [0.2, 0.25) is 0 Å². The molecule has 1 aromatic heterocycles. The van der Waals surface area contributed by atoms with Crippen LogP contribution in [0, 0.1) is 0 Å². The highest BCUT2D eigenvalue weighted by molar-refractivity contribution is 7.99. The molecule has 0 saturated carbocycles.